The molecule has 0 aliphatic heterocycles. The third kappa shape index (κ3) is 9.33. The van der Waals surface area contributed by atoms with Gasteiger partial charge in [-0.15, -0.1) is 0 Å². The van der Waals surface area contributed by atoms with Gasteiger partial charge in [-0.25, -0.2) is 0 Å². The van der Waals surface area contributed by atoms with E-state index in [9.17, 15) is 4.79 Å². The van der Waals surface area contributed by atoms with Crippen molar-refractivity contribution in [2.75, 3.05) is 26.3 Å². The molecule has 0 aromatic heterocycles. The topological polar surface area (TPSA) is 56.8 Å². The highest BCUT2D eigenvalue weighted by Crippen LogP contribution is 2.23. The Kier molecular flexibility index (Phi) is 12.9. The lowest BCUT2D eigenvalue weighted by atomic mass is 10.2. The third-order valence-corrected chi connectivity index (χ3v) is 12.5. The quantitative estimate of drug-likeness (QED) is 0.333. The number of rotatable bonds is 15. The van der Waals surface area contributed by atoms with Gasteiger partial charge in [0.25, 0.3) is 14.3 Å². The van der Waals surface area contributed by atoms with Crippen LogP contribution in [0.15, 0.2) is 0 Å². The predicted molar refractivity (Wildman–Crippen MR) is 110 cm³/mol. The summed E-state index contributed by atoms with van der Waals surface area (Å²) in [6, 6.07) is 3.98. The van der Waals surface area contributed by atoms with Crippen LogP contribution in [0.3, 0.4) is 0 Å². The summed E-state index contributed by atoms with van der Waals surface area (Å²) in [6.07, 6.45) is 1.00. The van der Waals surface area contributed by atoms with Crippen LogP contribution in [-0.2, 0) is 18.1 Å². The van der Waals surface area contributed by atoms with Crippen LogP contribution in [0.2, 0.25) is 30.7 Å². The molecule has 0 aromatic carbocycles. The van der Waals surface area contributed by atoms with E-state index in [2.05, 4.69) is 32.6 Å². The number of hydrogen-bond donors (Lipinski definition) is 1. The van der Waals surface area contributed by atoms with E-state index in [1.165, 1.54) is 0 Å². The van der Waals surface area contributed by atoms with Gasteiger partial charge in [-0.1, -0.05) is 27.7 Å². The van der Waals surface area contributed by atoms with Crippen LogP contribution in [0, 0.1) is 5.92 Å². The standard InChI is InChI=1S/C18H41NO4Si2/c1-8-21-24(7,22-9-2)15-13-14-19-16-17(6)18(20)23-25(10-3,11-4)12-5/h17,19H,8-16H2,1-7H3. The van der Waals surface area contributed by atoms with E-state index in [4.69, 9.17) is 13.3 Å². The van der Waals surface area contributed by atoms with E-state index >= 15 is 0 Å². The Bertz CT molecular complexity index is 351. The molecule has 0 rings (SSSR count). The Labute approximate surface area is 157 Å². The molecule has 0 fully saturated rings. The van der Waals surface area contributed by atoms with Gasteiger partial charge in [0.15, 0.2) is 0 Å². The summed E-state index contributed by atoms with van der Waals surface area (Å²) < 4.78 is 17.6. The molecule has 1 atom stereocenters. The Morgan fingerprint density at radius 3 is 1.96 bits per heavy atom. The zero-order valence-corrected chi connectivity index (χ0v) is 19.6. The molecule has 150 valence electrons. The molecule has 0 saturated carbocycles. The Morgan fingerprint density at radius 2 is 1.52 bits per heavy atom. The van der Waals surface area contributed by atoms with Gasteiger partial charge in [0.2, 0.25) is 0 Å². The molecule has 1 unspecified atom stereocenters. The summed E-state index contributed by atoms with van der Waals surface area (Å²) in [7, 11) is -3.87. The maximum absolute atomic E-state index is 12.4. The highest BCUT2D eigenvalue weighted by Gasteiger charge is 2.34. The molecule has 0 aromatic rings. The van der Waals surface area contributed by atoms with Crippen molar-refractivity contribution in [3.63, 3.8) is 0 Å². The number of nitrogens with one attached hydrogen (secondary N) is 1. The number of hydrogen-bond acceptors (Lipinski definition) is 5. The van der Waals surface area contributed by atoms with Crippen molar-refractivity contribution in [3.05, 3.63) is 0 Å². The second kappa shape index (κ2) is 13.0. The Hall–Kier alpha value is -0.216. The monoisotopic (exact) mass is 391 g/mol. The SMILES string of the molecule is CCO[Si](C)(CCCNCC(C)C(=O)O[Si](CC)(CC)CC)OCC. The average molecular weight is 392 g/mol. The summed E-state index contributed by atoms with van der Waals surface area (Å²) >= 11 is 0. The third-order valence-electron chi connectivity index (χ3n) is 4.99. The lowest BCUT2D eigenvalue weighted by molar-refractivity contribution is -0.139. The van der Waals surface area contributed by atoms with Crippen LogP contribution < -0.4 is 5.32 Å². The molecule has 1 N–H and O–H groups in total. The van der Waals surface area contributed by atoms with Crippen molar-refractivity contribution >= 4 is 22.8 Å². The summed E-state index contributed by atoms with van der Waals surface area (Å²) in [6.45, 7) is 17.5. The molecule has 25 heavy (non-hydrogen) atoms. The minimum absolute atomic E-state index is 0.0347. The van der Waals surface area contributed by atoms with Crippen LogP contribution in [-0.4, -0.2) is 49.2 Å². The largest absolute Gasteiger partial charge is 0.519 e. The molecular formula is C18H41NO4Si2. The highest BCUT2D eigenvalue weighted by atomic mass is 28.4. The first-order valence-electron chi connectivity index (χ1n) is 10.0. The van der Waals surface area contributed by atoms with Crippen molar-refractivity contribution in [3.8, 4) is 0 Å². The molecule has 0 radical (unpaired) electrons. The molecule has 0 spiro atoms. The molecule has 7 heteroatoms. The first kappa shape index (κ1) is 24.8. The molecule has 0 saturated heterocycles. The summed E-state index contributed by atoms with van der Waals surface area (Å²) in [5.41, 5.74) is 0. The van der Waals surface area contributed by atoms with Crippen LogP contribution in [0.1, 0.15) is 48.0 Å². The minimum atomic E-state index is -2.02. The van der Waals surface area contributed by atoms with Crippen LogP contribution in [0.4, 0.5) is 0 Å². The van der Waals surface area contributed by atoms with Crippen molar-refractivity contribution < 1.29 is 18.1 Å². The molecule has 0 heterocycles. The van der Waals surface area contributed by atoms with Gasteiger partial charge in [0.05, 0.1) is 5.92 Å². The fourth-order valence-electron chi connectivity index (χ4n) is 3.01. The Morgan fingerprint density at radius 1 is 1.00 bits per heavy atom. The zero-order chi connectivity index (χ0) is 19.3. The van der Waals surface area contributed by atoms with Crippen LogP contribution in [0.25, 0.3) is 0 Å². The van der Waals surface area contributed by atoms with Crippen LogP contribution in [0.5, 0.6) is 0 Å². The van der Waals surface area contributed by atoms with Gasteiger partial charge in [-0.2, -0.15) is 0 Å². The van der Waals surface area contributed by atoms with E-state index in [0.29, 0.717) is 19.8 Å². The fourth-order valence-corrected chi connectivity index (χ4v) is 7.99. The van der Waals surface area contributed by atoms with E-state index in [-0.39, 0.29) is 11.9 Å². The van der Waals surface area contributed by atoms with Crippen LogP contribution >= 0.6 is 0 Å². The van der Waals surface area contributed by atoms with Gasteiger partial charge < -0.3 is 18.6 Å². The van der Waals surface area contributed by atoms with Crippen molar-refractivity contribution in [1.82, 2.24) is 5.32 Å². The van der Waals surface area contributed by atoms with Gasteiger partial charge in [0.1, 0.15) is 0 Å². The van der Waals surface area contributed by atoms with Gasteiger partial charge in [0, 0.05) is 19.8 Å². The molecule has 0 aliphatic rings. The normalized spacial score (nSPS) is 13.7. The van der Waals surface area contributed by atoms with E-state index in [0.717, 1.165) is 37.1 Å². The summed E-state index contributed by atoms with van der Waals surface area (Å²) in [5, 5.41) is 3.39. The average Bonchev–Trinajstić information content (AvgIpc) is 2.59. The highest BCUT2D eigenvalue weighted by molar-refractivity contribution is 6.74. The minimum Gasteiger partial charge on any atom is -0.519 e. The van der Waals surface area contributed by atoms with Gasteiger partial charge in [-0.3, -0.25) is 4.79 Å². The lowest BCUT2D eigenvalue weighted by Gasteiger charge is -2.29. The van der Waals surface area contributed by atoms with E-state index in [1.54, 1.807) is 0 Å². The van der Waals surface area contributed by atoms with E-state index in [1.807, 2.05) is 20.8 Å². The molecule has 5 nitrogen and oxygen atoms in total. The van der Waals surface area contributed by atoms with Crippen molar-refractivity contribution in [2.24, 2.45) is 5.92 Å². The second-order valence-corrected chi connectivity index (χ2v) is 14.9. The first-order valence-corrected chi connectivity index (χ1v) is 15.1. The zero-order valence-electron chi connectivity index (χ0n) is 17.6. The summed E-state index contributed by atoms with van der Waals surface area (Å²) in [5.74, 6) is -0.133. The maximum Gasteiger partial charge on any atom is 0.334 e. The van der Waals surface area contributed by atoms with Crippen molar-refractivity contribution in [2.45, 2.75) is 78.7 Å². The molecule has 0 aliphatic carbocycles. The van der Waals surface area contributed by atoms with E-state index < -0.39 is 16.9 Å². The second-order valence-electron chi connectivity index (χ2n) is 6.87. The van der Waals surface area contributed by atoms with Gasteiger partial charge >= 0.3 is 8.56 Å². The molecule has 0 amide bonds. The molecule has 0 bridgehead atoms. The van der Waals surface area contributed by atoms with Crippen molar-refractivity contribution in [1.29, 1.82) is 0 Å². The maximum atomic E-state index is 12.4. The fraction of sp³-hybridized carbons (Fsp3) is 0.944. The number of carbonyl (C=O) groups is 1. The number of carbonyl (C=O) groups excluding carboxylic acids is 1. The molecular weight excluding hydrogens is 350 g/mol. The van der Waals surface area contributed by atoms with Gasteiger partial charge in [-0.05, 0) is 57.5 Å². The smallest absolute Gasteiger partial charge is 0.334 e. The lowest BCUT2D eigenvalue weighted by Crippen LogP contribution is -2.42. The first-order chi connectivity index (χ1) is 11.8. The Balaban J connectivity index is 4.18. The predicted octanol–water partition coefficient (Wildman–Crippen LogP) is 4.30. The summed E-state index contributed by atoms with van der Waals surface area (Å²) in [4.78, 5) is 12.4.